The third-order valence-electron chi connectivity index (χ3n) is 2.46. The van der Waals surface area contributed by atoms with Crippen LogP contribution in [-0.4, -0.2) is 31.0 Å². The number of hydrogen-bond acceptors (Lipinski definition) is 5. The van der Waals surface area contributed by atoms with Crippen LogP contribution in [0.3, 0.4) is 0 Å². The molecule has 1 aromatic heterocycles. The molecule has 0 saturated carbocycles. The molecule has 0 aliphatic carbocycles. The maximum absolute atomic E-state index is 11.1. The van der Waals surface area contributed by atoms with E-state index in [0.717, 1.165) is 0 Å². The van der Waals surface area contributed by atoms with E-state index in [1.165, 1.54) is 11.8 Å². The Hall–Kier alpha value is -1.57. The predicted molar refractivity (Wildman–Crippen MR) is 71.6 cm³/mol. The normalized spacial score (nSPS) is 12.7. The SMILES string of the molecule is Cc1nn(C(C)C)c(SC(C)CC(=O)O)c1[N+](=O)[O-]. The van der Waals surface area contributed by atoms with Crippen molar-refractivity contribution in [2.75, 3.05) is 0 Å². The number of aryl methyl sites for hydroxylation is 1. The van der Waals surface area contributed by atoms with Crippen LogP contribution in [0.5, 0.6) is 0 Å². The number of hydrogen-bond donors (Lipinski definition) is 1. The summed E-state index contributed by atoms with van der Waals surface area (Å²) in [6.45, 7) is 7.07. The number of aromatic nitrogens is 2. The number of aliphatic carboxylic acids is 1. The average Bonchev–Trinajstić information content (AvgIpc) is 2.53. The van der Waals surface area contributed by atoms with E-state index in [9.17, 15) is 14.9 Å². The van der Waals surface area contributed by atoms with E-state index in [-0.39, 0.29) is 23.4 Å². The van der Waals surface area contributed by atoms with Crippen LogP contribution in [0.4, 0.5) is 5.69 Å². The highest BCUT2D eigenvalue weighted by atomic mass is 32.2. The number of nitro groups is 1. The molecule has 7 nitrogen and oxygen atoms in total. The minimum atomic E-state index is -0.921. The lowest BCUT2D eigenvalue weighted by Crippen LogP contribution is -2.10. The monoisotopic (exact) mass is 287 g/mol. The molecule has 1 N–H and O–H groups in total. The van der Waals surface area contributed by atoms with E-state index in [1.54, 1.807) is 18.5 Å². The first-order valence-corrected chi connectivity index (χ1v) is 6.74. The van der Waals surface area contributed by atoms with Crippen molar-refractivity contribution < 1.29 is 14.8 Å². The number of nitrogens with zero attached hydrogens (tertiary/aromatic N) is 3. The van der Waals surface area contributed by atoms with Crippen LogP contribution in [0.15, 0.2) is 5.03 Å². The minimum absolute atomic E-state index is 0.0214. The topological polar surface area (TPSA) is 98.3 Å². The second-order valence-corrected chi connectivity index (χ2v) is 5.99. The Labute approximate surface area is 115 Å². The van der Waals surface area contributed by atoms with Crippen LogP contribution in [0.1, 0.15) is 38.9 Å². The molecular weight excluding hydrogens is 270 g/mol. The van der Waals surface area contributed by atoms with Crippen LogP contribution >= 0.6 is 11.8 Å². The van der Waals surface area contributed by atoms with Gasteiger partial charge in [-0.15, -0.1) is 0 Å². The van der Waals surface area contributed by atoms with Crippen LogP contribution in [0.25, 0.3) is 0 Å². The average molecular weight is 287 g/mol. The van der Waals surface area contributed by atoms with Gasteiger partial charge in [-0.05, 0) is 20.8 Å². The van der Waals surface area contributed by atoms with Crippen LogP contribution in [0, 0.1) is 17.0 Å². The molecule has 0 aromatic carbocycles. The van der Waals surface area contributed by atoms with Gasteiger partial charge in [-0.25, -0.2) is 4.68 Å². The summed E-state index contributed by atoms with van der Waals surface area (Å²) in [5, 5.41) is 24.2. The highest BCUT2D eigenvalue weighted by molar-refractivity contribution is 8.00. The lowest BCUT2D eigenvalue weighted by molar-refractivity contribution is -0.388. The highest BCUT2D eigenvalue weighted by Gasteiger charge is 2.28. The van der Waals surface area contributed by atoms with E-state index in [4.69, 9.17) is 5.11 Å². The summed E-state index contributed by atoms with van der Waals surface area (Å²) in [6.07, 6.45) is -0.0514. The van der Waals surface area contributed by atoms with Crippen molar-refractivity contribution in [1.29, 1.82) is 0 Å². The largest absolute Gasteiger partial charge is 0.481 e. The zero-order chi connectivity index (χ0) is 14.7. The van der Waals surface area contributed by atoms with Gasteiger partial charge in [-0.2, -0.15) is 5.10 Å². The van der Waals surface area contributed by atoms with E-state index < -0.39 is 10.9 Å². The molecule has 0 aliphatic heterocycles. The first kappa shape index (κ1) is 15.5. The number of rotatable bonds is 6. The van der Waals surface area contributed by atoms with Crippen molar-refractivity contribution in [1.82, 2.24) is 9.78 Å². The van der Waals surface area contributed by atoms with E-state index in [1.807, 2.05) is 13.8 Å². The smallest absolute Gasteiger partial charge is 0.323 e. The molecule has 0 aliphatic rings. The Morgan fingerprint density at radius 3 is 2.53 bits per heavy atom. The van der Waals surface area contributed by atoms with E-state index in [2.05, 4.69) is 5.10 Å². The maximum atomic E-state index is 11.1. The molecule has 1 atom stereocenters. The van der Waals surface area contributed by atoms with E-state index >= 15 is 0 Å². The fourth-order valence-electron chi connectivity index (χ4n) is 1.67. The molecule has 1 aromatic rings. The zero-order valence-electron chi connectivity index (χ0n) is 11.3. The lowest BCUT2D eigenvalue weighted by atomic mass is 10.3. The molecule has 0 saturated heterocycles. The third kappa shape index (κ3) is 3.69. The zero-order valence-corrected chi connectivity index (χ0v) is 12.1. The molecule has 19 heavy (non-hydrogen) atoms. The van der Waals surface area contributed by atoms with Gasteiger partial charge in [0.25, 0.3) is 0 Å². The quantitative estimate of drug-likeness (QED) is 0.490. The van der Waals surface area contributed by atoms with Crippen molar-refractivity contribution in [3.05, 3.63) is 15.8 Å². The van der Waals surface area contributed by atoms with Crippen molar-refractivity contribution in [2.24, 2.45) is 0 Å². The summed E-state index contributed by atoms with van der Waals surface area (Å²) in [7, 11) is 0. The minimum Gasteiger partial charge on any atom is -0.481 e. The Morgan fingerprint density at radius 1 is 1.53 bits per heavy atom. The van der Waals surface area contributed by atoms with Crippen LogP contribution in [0.2, 0.25) is 0 Å². The van der Waals surface area contributed by atoms with Gasteiger partial charge in [-0.3, -0.25) is 14.9 Å². The first-order valence-electron chi connectivity index (χ1n) is 5.86. The van der Waals surface area contributed by atoms with Crippen molar-refractivity contribution >= 4 is 23.4 Å². The number of carboxylic acid groups (broad SMARTS) is 1. The summed E-state index contributed by atoms with van der Waals surface area (Å²) in [5.74, 6) is -0.921. The van der Waals surface area contributed by atoms with Crippen molar-refractivity contribution in [2.45, 2.75) is 50.4 Å². The van der Waals surface area contributed by atoms with Gasteiger partial charge < -0.3 is 5.11 Å². The van der Waals surface area contributed by atoms with Crippen molar-refractivity contribution in [3.8, 4) is 0 Å². The molecule has 0 amide bonds. The van der Waals surface area contributed by atoms with Gasteiger partial charge in [0.1, 0.15) is 5.69 Å². The third-order valence-corrected chi connectivity index (χ3v) is 3.63. The second kappa shape index (κ2) is 6.05. The summed E-state index contributed by atoms with van der Waals surface area (Å²) in [4.78, 5) is 21.3. The predicted octanol–water partition coefficient (Wildman–Crippen LogP) is 2.64. The number of carbonyl (C=O) groups is 1. The number of thioether (sulfide) groups is 1. The Bertz CT molecular complexity index is 498. The molecule has 106 valence electrons. The van der Waals surface area contributed by atoms with Gasteiger partial charge >= 0.3 is 11.7 Å². The molecule has 1 heterocycles. The second-order valence-electron chi connectivity index (χ2n) is 4.56. The van der Waals surface area contributed by atoms with Crippen molar-refractivity contribution in [3.63, 3.8) is 0 Å². The lowest BCUT2D eigenvalue weighted by Gasteiger charge is -2.12. The molecule has 8 heteroatoms. The van der Waals surface area contributed by atoms with Gasteiger partial charge in [0, 0.05) is 11.3 Å². The van der Waals surface area contributed by atoms with Gasteiger partial charge in [0.2, 0.25) is 0 Å². The summed E-state index contributed by atoms with van der Waals surface area (Å²) in [5.41, 5.74) is 0.319. The van der Waals surface area contributed by atoms with Crippen LogP contribution in [-0.2, 0) is 4.79 Å². The Morgan fingerprint density at radius 2 is 2.11 bits per heavy atom. The molecule has 1 rings (SSSR count). The standard InChI is InChI=1S/C11H17N3O4S/c1-6(2)13-11(19-7(3)5-9(15)16)10(14(17)18)8(4)12-13/h6-7H,5H2,1-4H3,(H,15,16). The van der Waals surface area contributed by atoms with Crippen LogP contribution < -0.4 is 0 Å². The van der Waals surface area contributed by atoms with Gasteiger partial charge in [0.15, 0.2) is 5.03 Å². The summed E-state index contributed by atoms with van der Waals surface area (Å²) < 4.78 is 1.58. The Balaban J connectivity index is 3.15. The number of carboxylic acids is 1. The van der Waals surface area contributed by atoms with Gasteiger partial charge in [0.05, 0.1) is 11.3 Å². The molecular formula is C11H17N3O4S. The molecule has 1 unspecified atom stereocenters. The molecule has 0 spiro atoms. The summed E-state index contributed by atoms with van der Waals surface area (Å²) in [6, 6.07) is -0.0214. The summed E-state index contributed by atoms with van der Waals surface area (Å²) >= 11 is 1.18. The van der Waals surface area contributed by atoms with Gasteiger partial charge in [-0.1, -0.05) is 18.7 Å². The molecule has 0 bridgehead atoms. The highest BCUT2D eigenvalue weighted by Crippen LogP contribution is 2.37. The van der Waals surface area contributed by atoms with E-state index in [0.29, 0.717) is 10.7 Å². The molecule has 0 radical (unpaired) electrons. The Kier molecular flexibility index (Phi) is 4.93. The fraction of sp³-hybridized carbons (Fsp3) is 0.636. The molecule has 0 fully saturated rings. The maximum Gasteiger partial charge on any atom is 0.323 e. The fourth-order valence-corrected chi connectivity index (χ4v) is 2.97. The first-order chi connectivity index (χ1) is 8.73.